The molecule has 0 unspecified atom stereocenters. The molecule has 0 spiro atoms. The van der Waals surface area contributed by atoms with E-state index in [1.165, 1.54) is 0 Å². The van der Waals surface area contributed by atoms with E-state index in [-0.39, 0.29) is 5.78 Å². The summed E-state index contributed by atoms with van der Waals surface area (Å²) in [5.74, 6) is 1.23. The summed E-state index contributed by atoms with van der Waals surface area (Å²) < 4.78 is 2.06. The molecule has 1 aromatic heterocycles. The highest BCUT2D eigenvalue weighted by molar-refractivity contribution is 5.75. The Labute approximate surface area is 72.4 Å². The lowest BCUT2D eigenvalue weighted by molar-refractivity contribution is -0.117. The molecule has 0 saturated carbocycles. The van der Waals surface area contributed by atoms with Gasteiger partial charge >= 0.3 is 0 Å². The van der Waals surface area contributed by atoms with Gasteiger partial charge in [-0.2, -0.15) is 0 Å². The molecule has 0 saturated heterocycles. The Bertz CT molecular complexity index is 265. The van der Waals surface area contributed by atoms with Gasteiger partial charge in [0, 0.05) is 31.8 Å². The Morgan fingerprint density at radius 3 is 3.00 bits per heavy atom. The minimum Gasteiger partial charge on any atom is -0.335 e. The van der Waals surface area contributed by atoms with Crippen LogP contribution in [0.3, 0.4) is 0 Å². The van der Waals surface area contributed by atoms with E-state index in [2.05, 4.69) is 16.5 Å². The van der Waals surface area contributed by atoms with E-state index >= 15 is 0 Å². The van der Waals surface area contributed by atoms with E-state index in [9.17, 15) is 4.79 Å². The van der Waals surface area contributed by atoms with Crippen LogP contribution in [0.5, 0.6) is 0 Å². The monoisotopic (exact) mass is 166 g/mol. The van der Waals surface area contributed by atoms with Gasteiger partial charge in [0.15, 0.2) is 0 Å². The van der Waals surface area contributed by atoms with Crippen molar-refractivity contribution in [3.8, 4) is 0 Å². The van der Waals surface area contributed by atoms with Crippen molar-refractivity contribution in [3.63, 3.8) is 0 Å². The van der Waals surface area contributed by atoms with Gasteiger partial charge in [-0.05, 0) is 13.8 Å². The second-order valence-electron chi connectivity index (χ2n) is 2.83. The summed E-state index contributed by atoms with van der Waals surface area (Å²) in [5, 5.41) is 0. The first-order valence-corrected chi connectivity index (χ1v) is 4.23. The minimum atomic E-state index is 0.223. The number of carbonyl (C=O) groups is 1. The minimum absolute atomic E-state index is 0.223. The molecule has 0 aliphatic rings. The van der Waals surface area contributed by atoms with Crippen LogP contribution in [0.4, 0.5) is 0 Å². The zero-order chi connectivity index (χ0) is 8.97. The molecule has 3 nitrogen and oxygen atoms in total. The molecule has 0 aliphatic carbocycles. The van der Waals surface area contributed by atoms with Crippen LogP contribution >= 0.6 is 0 Å². The fourth-order valence-electron chi connectivity index (χ4n) is 1.14. The van der Waals surface area contributed by atoms with Gasteiger partial charge in [0.2, 0.25) is 0 Å². The highest BCUT2D eigenvalue weighted by atomic mass is 16.1. The van der Waals surface area contributed by atoms with Crippen LogP contribution in [0.2, 0.25) is 0 Å². The summed E-state index contributed by atoms with van der Waals surface area (Å²) in [6.07, 6.45) is 5.07. The zero-order valence-corrected chi connectivity index (χ0v) is 7.58. The third kappa shape index (κ3) is 2.19. The Hall–Kier alpha value is -1.12. The van der Waals surface area contributed by atoms with Gasteiger partial charge in [0.25, 0.3) is 0 Å². The molecule has 66 valence electrons. The molecule has 3 heteroatoms. The van der Waals surface area contributed by atoms with E-state index in [1.807, 2.05) is 6.20 Å². The van der Waals surface area contributed by atoms with E-state index in [0.717, 1.165) is 18.8 Å². The number of hydrogen-bond donors (Lipinski definition) is 0. The maximum absolute atomic E-state index is 10.7. The van der Waals surface area contributed by atoms with Crippen LogP contribution in [0.25, 0.3) is 0 Å². The molecule has 1 aromatic rings. The van der Waals surface area contributed by atoms with Crippen molar-refractivity contribution in [1.29, 1.82) is 0 Å². The molecule has 1 rings (SSSR count). The highest BCUT2D eigenvalue weighted by Gasteiger charge is 2.01. The molecule has 0 aliphatic heterocycles. The Balaban J connectivity index is 2.56. The van der Waals surface area contributed by atoms with Gasteiger partial charge in [0.05, 0.1) is 0 Å². The fourth-order valence-corrected chi connectivity index (χ4v) is 1.14. The lowest BCUT2D eigenvalue weighted by Gasteiger charge is -2.02. The lowest BCUT2D eigenvalue weighted by Crippen LogP contribution is -2.03. The van der Waals surface area contributed by atoms with E-state index in [0.29, 0.717) is 6.42 Å². The first-order chi connectivity index (χ1) is 5.74. The second-order valence-corrected chi connectivity index (χ2v) is 2.83. The lowest BCUT2D eigenvalue weighted by atomic mass is 10.2. The van der Waals surface area contributed by atoms with Crippen molar-refractivity contribution < 1.29 is 4.79 Å². The number of imidazole rings is 1. The van der Waals surface area contributed by atoms with Crippen molar-refractivity contribution in [2.45, 2.75) is 33.2 Å². The molecule has 1 heterocycles. The van der Waals surface area contributed by atoms with Gasteiger partial charge in [-0.1, -0.05) is 0 Å². The number of aromatic nitrogens is 2. The van der Waals surface area contributed by atoms with Crippen molar-refractivity contribution >= 4 is 5.78 Å². The van der Waals surface area contributed by atoms with Gasteiger partial charge in [-0.15, -0.1) is 0 Å². The number of carbonyl (C=O) groups excluding carboxylic acids is 1. The third-order valence-electron chi connectivity index (χ3n) is 1.84. The van der Waals surface area contributed by atoms with E-state index in [1.54, 1.807) is 13.1 Å². The van der Waals surface area contributed by atoms with Gasteiger partial charge in [0.1, 0.15) is 11.6 Å². The van der Waals surface area contributed by atoms with Crippen molar-refractivity contribution in [2.24, 2.45) is 0 Å². The van der Waals surface area contributed by atoms with Gasteiger partial charge in [-0.3, -0.25) is 0 Å². The summed E-state index contributed by atoms with van der Waals surface area (Å²) in [6.45, 7) is 4.60. The van der Waals surface area contributed by atoms with Crippen LogP contribution in [0, 0.1) is 0 Å². The topological polar surface area (TPSA) is 34.9 Å². The number of Topliss-reactive ketones (excluding diaryl/α,β-unsaturated/α-hetero) is 1. The molecular formula is C9H14N2O. The van der Waals surface area contributed by atoms with Crippen LogP contribution in [0.1, 0.15) is 26.1 Å². The maximum atomic E-state index is 10.7. The van der Waals surface area contributed by atoms with Crippen molar-refractivity contribution in [3.05, 3.63) is 18.2 Å². The summed E-state index contributed by atoms with van der Waals surface area (Å²) in [4.78, 5) is 14.9. The SMILES string of the molecule is CCn1ccnc1CCC(C)=O. The van der Waals surface area contributed by atoms with Crippen LogP contribution in [0.15, 0.2) is 12.4 Å². The Morgan fingerprint density at radius 2 is 2.42 bits per heavy atom. The average molecular weight is 166 g/mol. The highest BCUT2D eigenvalue weighted by Crippen LogP contribution is 2.01. The predicted octanol–water partition coefficient (Wildman–Crippen LogP) is 1.42. The second kappa shape index (κ2) is 4.04. The summed E-state index contributed by atoms with van der Waals surface area (Å²) in [7, 11) is 0. The quantitative estimate of drug-likeness (QED) is 0.678. The number of rotatable bonds is 4. The summed E-state index contributed by atoms with van der Waals surface area (Å²) >= 11 is 0. The average Bonchev–Trinajstić information content (AvgIpc) is 2.47. The first-order valence-electron chi connectivity index (χ1n) is 4.23. The normalized spacial score (nSPS) is 10.2. The summed E-state index contributed by atoms with van der Waals surface area (Å²) in [6, 6.07) is 0. The fraction of sp³-hybridized carbons (Fsp3) is 0.556. The molecule has 0 aromatic carbocycles. The van der Waals surface area contributed by atoms with Gasteiger partial charge in [-0.25, -0.2) is 4.98 Å². The number of nitrogens with zero attached hydrogens (tertiary/aromatic N) is 2. The maximum Gasteiger partial charge on any atom is 0.130 e. The number of ketones is 1. The molecular weight excluding hydrogens is 152 g/mol. The van der Waals surface area contributed by atoms with Gasteiger partial charge < -0.3 is 9.36 Å². The van der Waals surface area contributed by atoms with Crippen molar-refractivity contribution in [1.82, 2.24) is 9.55 Å². The molecule has 0 amide bonds. The first kappa shape index (κ1) is 8.97. The van der Waals surface area contributed by atoms with E-state index < -0.39 is 0 Å². The molecule has 0 radical (unpaired) electrons. The van der Waals surface area contributed by atoms with E-state index in [4.69, 9.17) is 0 Å². The molecule has 0 fully saturated rings. The smallest absolute Gasteiger partial charge is 0.130 e. The molecule has 0 bridgehead atoms. The summed E-state index contributed by atoms with van der Waals surface area (Å²) in [5.41, 5.74) is 0. The predicted molar refractivity (Wildman–Crippen MR) is 46.9 cm³/mol. The van der Waals surface area contributed by atoms with Crippen LogP contribution in [-0.2, 0) is 17.8 Å². The standard InChI is InChI=1S/C9H14N2O/c1-3-11-7-6-10-9(11)5-4-8(2)12/h6-7H,3-5H2,1-2H3. The van der Waals surface area contributed by atoms with Crippen molar-refractivity contribution in [2.75, 3.05) is 0 Å². The largest absolute Gasteiger partial charge is 0.335 e. The Kier molecular flexibility index (Phi) is 3.02. The number of aryl methyl sites for hydroxylation is 2. The molecule has 12 heavy (non-hydrogen) atoms. The molecule has 0 N–H and O–H groups in total. The molecule has 0 atom stereocenters. The number of hydrogen-bond acceptors (Lipinski definition) is 2. The van der Waals surface area contributed by atoms with Crippen LogP contribution in [-0.4, -0.2) is 15.3 Å². The van der Waals surface area contributed by atoms with Crippen LogP contribution < -0.4 is 0 Å². The third-order valence-corrected chi connectivity index (χ3v) is 1.84. The Morgan fingerprint density at radius 1 is 1.67 bits per heavy atom. The zero-order valence-electron chi connectivity index (χ0n) is 7.58.